The summed E-state index contributed by atoms with van der Waals surface area (Å²) in [5, 5.41) is 3.20. The van der Waals surface area contributed by atoms with E-state index in [4.69, 9.17) is 32.7 Å². The fourth-order valence-electron chi connectivity index (χ4n) is 2.96. The van der Waals surface area contributed by atoms with E-state index >= 15 is 0 Å². The number of rotatable bonds is 6. The van der Waals surface area contributed by atoms with Crippen LogP contribution in [0.2, 0.25) is 10.0 Å². The maximum absolute atomic E-state index is 12.7. The number of hydrogen-bond acceptors (Lipinski definition) is 5. The molecule has 7 nitrogen and oxygen atoms in total. The monoisotopic (exact) mass is 458 g/mol. The Balaban J connectivity index is 1.69. The molecule has 2 aromatic rings. The van der Waals surface area contributed by atoms with Gasteiger partial charge in [0.1, 0.15) is 18.8 Å². The summed E-state index contributed by atoms with van der Waals surface area (Å²) in [6.07, 6.45) is 0.631. The van der Waals surface area contributed by atoms with Gasteiger partial charge in [-0.25, -0.2) is 8.42 Å². The molecule has 2 aromatic carbocycles. The zero-order valence-electron chi connectivity index (χ0n) is 15.8. The molecule has 29 heavy (non-hydrogen) atoms. The maximum atomic E-state index is 12.7. The summed E-state index contributed by atoms with van der Waals surface area (Å²) in [6.45, 7) is 1.93. The van der Waals surface area contributed by atoms with Crippen LogP contribution in [0.4, 0.5) is 5.69 Å². The van der Waals surface area contributed by atoms with Crippen molar-refractivity contribution in [2.24, 2.45) is 0 Å². The number of sulfonamides is 1. The van der Waals surface area contributed by atoms with E-state index in [1.165, 1.54) is 25.1 Å². The highest BCUT2D eigenvalue weighted by molar-refractivity contribution is 7.92. The van der Waals surface area contributed by atoms with Gasteiger partial charge in [-0.05, 0) is 37.3 Å². The number of para-hydroxylation sites is 2. The Morgan fingerprint density at radius 2 is 1.90 bits per heavy atom. The van der Waals surface area contributed by atoms with Crippen molar-refractivity contribution >= 4 is 44.8 Å². The summed E-state index contributed by atoms with van der Waals surface area (Å²) >= 11 is 11.9. The van der Waals surface area contributed by atoms with Crippen LogP contribution in [0, 0.1) is 0 Å². The van der Waals surface area contributed by atoms with Gasteiger partial charge in [-0.2, -0.15) is 0 Å². The van der Waals surface area contributed by atoms with Gasteiger partial charge >= 0.3 is 0 Å². The van der Waals surface area contributed by atoms with E-state index in [1.807, 2.05) is 12.1 Å². The highest BCUT2D eigenvalue weighted by Crippen LogP contribution is 2.31. The Labute approximate surface area is 179 Å². The first-order chi connectivity index (χ1) is 13.7. The third kappa shape index (κ3) is 5.07. The Hall–Kier alpha value is -2.16. The molecule has 0 fully saturated rings. The molecule has 156 valence electrons. The molecule has 0 bridgehead atoms. The quantitative estimate of drug-likeness (QED) is 0.718. The van der Waals surface area contributed by atoms with Crippen LogP contribution in [0.15, 0.2) is 42.5 Å². The van der Waals surface area contributed by atoms with Crippen molar-refractivity contribution in [2.75, 3.05) is 23.7 Å². The standard InChI is InChI=1S/C19H20Cl2N2O5S/c1-12(23(29(2,25)26)13-7-8-15(20)16(21)9-13)19(24)22-10-14-11-27-17-5-3-4-6-18(17)28-14/h3-9,12,14H,10-11H2,1-2H3,(H,22,24)/t12-,14+/m0/s1. The predicted octanol–water partition coefficient (Wildman–Crippen LogP) is 3.10. The Kier molecular flexibility index (Phi) is 6.45. The van der Waals surface area contributed by atoms with Gasteiger partial charge in [-0.3, -0.25) is 9.10 Å². The SMILES string of the molecule is C[C@@H](C(=O)NC[C@@H]1COc2ccccc2O1)N(c1ccc(Cl)c(Cl)c1)S(C)(=O)=O. The molecule has 1 N–H and O–H groups in total. The molecule has 0 saturated heterocycles. The third-order valence-corrected chi connectivity index (χ3v) is 6.30. The van der Waals surface area contributed by atoms with E-state index in [0.29, 0.717) is 11.5 Å². The first kappa shape index (κ1) is 21.5. The first-order valence-electron chi connectivity index (χ1n) is 8.77. The molecule has 0 aliphatic carbocycles. The van der Waals surface area contributed by atoms with Gasteiger partial charge in [0, 0.05) is 0 Å². The Morgan fingerprint density at radius 1 is 1.21 bits per heavy atom. The number of amides is 1. The second kappa shape index (κ2) is 8.69. The van der Waals surface area contributed by atoms with Gasteiger partial charge in [0.2, 0.25) is 15.9 Å². The fraction of sp³-hybridized carbons (Fsp3) is 0.316. The lowest BCUT2D eigenvalue weighted by atomic mass is 10.2. The molecule has 0 aromatic heterocycles. The van der Waals surface area contributed by atoms with E-state index in [-0.39, 0.29) is 28.9 Å². The average Bonchev–Trinajstić information content (AvgIpc) is 2.67. The van der Waals surface area contributed by atoms with Crippen LogP contribution in [0.25, 0.3) is 0 Å². The van der Waals surface area contributed by atoms with Gasteiger partial charge in [0.15, 0.2) is 11.5 Å². The Bertz CT molecular complexity index is 1020. The predicted molar refractivity (Wildman–Crippen MR) is 113 cm³/mol. The second-order valence-electron chi connectivity index (χ2n) is 6.58. The molecule has 1 aliphatic rings. The van der Waals surface area contributed by atoms with Crippen molar-refractivity contribution in [2.45, 2.75) is 19.1 Å². The largest absolute Gasteiger partial charge is 0.486 e. The minimum absolute atomic E-state index is 0.163. The van der Waals surface area contributed by atoms with Crippen LogP contribution >= 0.6 is 23.2 Å². The minimum atomic E-state index is -3.76. The van der Waals surface area contributed by atoms with Crippen molar-refractivity contribution in [1.29, 1.82) is 0 Å². The highest BCUT2D eigenvalue weighted by atomic mass is 35.5. The van der Waals surface area contributed by atoms with Crippen molar-refractivity contribution in [3.8, 4) is 11.5 Å². The van der Waals surface area contributed by atoms with E-state index in [9.17, 15) is 13.2 Å². The van der Waals surface area contributed by atoms with Crippen LogP contribution in [0.1, 0.15) is 6.92 Å². The molecular weight excluding hydrogens is 439 g/mol. The molecule has 1 heterocycles. The average molecular weight is 459 g/mol. The second-order valence-corrected chi connectivity index (χ2v) is 9.25. The zero-order valence-corrected chi connectivity index (χ0v) is 18.1. The van der Waals surface area contributed by atoms with Gasteiger partial charge in [-0.15, -0.1) is 0 Å². The van der Waals surface area contributed by atoms with E-state index in [2.05, 4.69) is 5.32 Å². The van der Waals surface area contributed by atoms with Crippen LogP contribution in [-0.4, -0.2) is 45.9 Å². The van der Waals surface area contributed by atoms with Crippen molar-refractivity contribution in [3.63, 3.8) is 0 Å². The summed E-state index contributed by atoms with van der Waals surface area (Å²) in [5.41, 5.74) is 0.246. The summed E-state index contributed by atoms with van der Waals surface area (Å²) in [5.74, 6) is 0.759. The lowest BCUT2D eigenvalue weighted by molar-refractivity contribution is -0.122. The number of nitrogens with zero attached hydrogens (tertiary/aromatic N) is 1. The summed E-state index contributed by atoms with van der Waals surface area (Å²) in [4.78, 5) is 12.7. The lowest BCUT2D eigenvalue weighted by Crippen LogP contribution is -2.50. The van der Waals surface area contributed by atoms with Crippen molar-refractivity contribution < 1.29 is 22.7 Å². The van der Waals surface area contributed by atoms with Crippen molar-refractivity contribution in [3.05, 3.63) is 52.5 Å². The first-order valence-corrected chi connectivity index (χ1v) is 11.4. The molecule has 1 amide bonds. The molecule has 0 radical (unpaired) electrons. The lowest BCUT2D eigenvalue weighted by Gasteiger charge is -2.30. The number of carbonyl (C=O) groups is 1. The number of nitrogens with one attached hydrogen (secondary N) is 1. The number of anilines is 1. The molecule has 0 saturated carbocycles. The molecule has 0 spiro atoms. The van der Waals surface area contributed by atoms with E-state index in [0.717, 1.165) is 10.6 Å². The van der Waals surface area contributed by atoms with Gasteiger partial charge in [0.25, 0.3) is 0 Å². The summed E-state index contributed by atoms with van der Waals surface area (Å²) < 4.78 is 37.1. The smallest absolute Gasteiger partial charge is 0.243 e. The highest BCUT2D eigenvalue weighted by Gasteiger charge is 2.30. The summed E-state index contributed by atoms with van der Waals surface area (Å²) in [6, 6.07) is 10.6. The van der Waals surface area contributed by atoms with Crippen LogP contribution in [-0.2, 0) is 14.8 Å². The van der Waals surface area contributed by atoms with Gasteiger partial charge < -0.3 is 14.8 Å². The normalized spacial score (nSPS) is 16.8. The molecule has 0 unspecified atom stereocenters. The molecule has 2 atom stereocenters. The third-order valence-electron chi connectivity index (χ3n) is 4.32. The molecular formula is C19H20Cl2N2O5S. The van der Waals surface area contributed by atoms with Crippen molar-refractivity contribution in [1.82, 2.24) is 5.32 Å². The van der Waals surface area contributed by atoms with Gasteiger partial charge in [-0.1, -0.05) is 35.3 Å². The Morgan fingerprint density at radius 3 is 2.55 bits per heavy atom. The number of carbonyl (C=O) groups excluding carboxylic acids is 1. The number of ether oxygens (including phenoxy) is 2. The molecule has 3 rings (SSSR count). The number of hydrogen-bond donors (Lipinski definition) is 1. The number of fused-ring (bicyclic) bond motifs is 1. The van der Waals surface area contributed by atoms with Crippen LogP contribution in [0.5, 0.6) is 11.5 Å². The molecule has 1 aliphatic heterocycles. The number of benzene rings is 2. The zero-order chi connectivity index (χ0) is 21.2. The molecule has 10 heteroatoms. The van der Waals surface area contributed by atoms with Crippen LogP contribution in [0.3, 0.4) is 0 Å². The van der Waals surface area contributed by atoms with Crippen LogP contribution < -0.4 is 19.1 Å². The van der Waals surface area contributed by atoms with Gasteiger partial charge in [0.05, 0.1) is 28.5 Å². The topological polar surface area (TPSA) is 84.9 Å². The van der Waals surface area contributed by atoms with E-state index < -0.39 is 28.1 Å². The fourth-order valence-corrected chi connectivity index (χ4v) is 4.42. The maximum Gasteiger partial charge on any atom is 0.243 e. The van der Waals surface area contributed by atoms with E-state index in [1.54, 1.807) is 12.1 Å². The minimum Gasteiger partial charge on any atom is -0.486 e. The summed E-state index contributed by atoms with van der Waals surface area (Å²) in [7, 11) is -3.76. The number of halogens is 2.